The Labute approximate surface area is 135 Å². The molecular formula is C16H24BrFN2O. The molecule has 118 valence electrons. The minimum atomic E-state index is -0.121. The Bertz CT molecular complexity index is 444. The van der Waals surface area contributed by atoms with Gasteiger partial charge in [0.05, 0.1) is 6.61 Å². The molecule has 0 aliphatic carbocycles. The van der Waals surface area contributed by atoms with Gasteiger partial charge in [-0.1, -0.05) is 22.0 Å². The first-order chi connectivity index (χ1) is 10.2. The van der Waals surface area contributed by atoms with Crippen LogP contribution >= 0.6 is 15.9 Å². The van der Waals surface area contributed by atoms with E-state index in [0.29, 0.717) is 12.5 Å². The number of ether oxygens (including phenoxy) is 1. The molecule has 1 unspecified atom stereocenters. The number of hydrogen-bond donors (Lipinski definition) is 1. The Morgan fingerprint density at radius 2 is 2.33 bits per heavy atom. The van der Waals surface area contributed by atoms with E-state index in [2.05, 4.69) is 26.1 Å². The Kier molecular flexibility index (Phi) is 7.10. The van der Waals surface area contributed by atoms with Gasteiger partial charge >= 0.3 is 0 Å². The highest BCUT2D eigenvalue weighted by molar-refractivity contribution is 9.10. The van der Waals surface area contributed by atoms with Crippen LogP contribution in [0.5, 0.6) is 0 Å². The molecule has 1 atom stereocenters. The van der Waals surface area contributed by atoms with E-state index in [9.17, 15) is 4.39 Å². The van der Waals surface area contributed by atoms with Crippen LogP contribution < -0.4 is 5.32 Å². The molecule has 1 aromatic rings. The van der Waals surface area contributed by atoms with Gasteiger partial charge in [0.25, 0.3) is 0 Å². The molecular weight excluding hydrogens is 335 g/mol. The predicted molar refractivity (Wildman–Crippen MR) is 86.8 cm³/mol. The molecule has 1 fully saturated rings. The highest BCUT2D eigenvalue weighted by Gasteiger charge is 2.20. The summed E-state index contributed by atoms with van der Waals surface area (Å²) >= 11 is 3.30. The number of nitrogens with zero attached hydrogens (tertiary/aromatic N) is 1. The molecule has 1 aromatic carbocycles. The monoisotopic (exact) mass is 358 g/mol. The molecule has 21 heavy (non-hydrogen) atoms. The molecule has 0 radical (unpaired) electrons. The van der Waals surface area contributed by atoms with E-state index in [1.165, 1.54) is 12.8 Å². The summed E-state index contributed by atoms with van der Waals surface area (Å²) in [6.45, 7) is 5.46. The van der Waals surface area contributed by atoms with E-state index < -0.39 is 0 Å². The Balaban J connectivity index is 1.80. The van der Waals surface area contributed by atoms with Gasteiger partial charge in [0, 0.05) is 36.8 Å². The molecule has 1 N–H and O–H groups in total. The lowest BCUT2D eigenvalue weighted by atomic mass is 9.97. The van der Waals surface area contributed by atoms with Crippen LogP contribution in [0, 0.1) is 11.7 Å². The highest BCUT2D eigenvalue weighted by atomic mass is 79.9. The highest BCUT2D eigenvalue weighted by Crippen LogP contribution is 2.21. The summed E-state index contributed by atoms with van der Waals surface area (Å²) in [6, 6.07) is 5.33. The van der Waals surface area contributed by atoms with Gasteiger partial charge in [-0.15, -0.1) is 0 Å². The fourth-order valence-electron chi connectivity index (χ4n) is 2.83. The topological polar surface area (TPSA) is 24.5 Å². The van der Waals surface area contributed by atoms with Crippen molar-refractivity contribution in [3.05, 3.63) is 34.1 Å². The van der Waals surface area contributed by atoms with Crippen molar-refractivity contribution in [3.8, 4) is 0 Å². The van der Waals surface area contributed by atoms with E-state index in [-0.39, 0.29) is 5.82 Å². The number of halogens is 2. The summed E-state index contributed by atoms with van der Waals surface area (Å²) in [5, 5.41) is 3.43. The first kappa shape index (κ1) is 16.9. The van der Waals surface area contributed by atoms with Gasteiger partial charge in [-0.2, -0.15) is 0 Å². The summed E-state index contributed by atoms with van der Waals surface area (Å²) in [5.74, 6) is 0.527. The molecule has 0 spiro atoms. The second kappa shape index (κ2) is 8.83. The van der Waals surface area contributed by atoms with Gasteiger partial charge in [0.1, 0.15) is 5.82 Å². The SMILES string of the molecule is COCCNCC1CCCN(Cc2ccc(Br)cc2F)C1. The maximum absolute atomic E-state index is 13.9. The normalized spacial score (nSPS) is 19.9. The van der Waals surface area contributed by atoms with Crippen molar-refractivity contribution in [1.82, 2.24) is 10.2 Å². The second-order valence-electron chi connectivity index (χ2n) is 5.68. The Morgan fingerprint density at radius 1 is 1.48 bits per heavy atom. The maximum atomic E-state index is 13.9. The van der Waals surface area contributed by atoms with Crippen molar-refractivity contribution in [3.63, 3.8) is 0 Å². The van der Waals surface area contributed by atoms with Crippen LogP contribution in [0.25, 0.3) is 0 Å². The average Bonchev–Trinajstić information content (AvgIpc) is 2.47. The minimum Gasteiger partial charge on any atom is -0.383 e. The molecule has 5 heteroatoms. The van der Waals surface area contributed by atoms with Crippen molar-refractivity contribution >= 4 is 15.9 Å². The number of likely N-dealkylation sites (tertiary alicyclic amines) is 1. The quantitative estimate of drug-likeness (QED) is 0.758. The lowest BCUT2D eigenvalue weighted by Gasteiger charge is -2.33. The third-order valence-corrected chi connectivity index (χ3v) is 4.42. The third kappa shape index (κ3) is 5.66. The molecule has 1 heterocycles. The molecule has 3 nitrogen and oxygen atoms in total. The zero-order chi connectivity index (χ0) is 15.1. The zero-order valence-electron chi connectivity index (χ0n) is 12.6. The van der Waals surface area contributed by atoms with E-state index >= 15 is 0 Å². The Hall–Kier alpha value is -0.490. The number of nitrogens with one attached hydrogen (secondary N) is 1. The van der Waals surface area contributed by atoms with Gasteiger partial charge in [0.15, 0.2) is 0 Å². The van der Waals surface area contributed by atoms with Crippen molar-refractivity contribution in [1.29, 1.82) is 0 Å². The lowest BCUT2D eigenvalue weighted by molar-refractivity contribution is 0.158. The van der Waals surface area contributed by atoms with Crippen LogP contribution in [0.15, 0.2) is 22.7 Å². The third-order valence-electron chi connectivity index (χ3n) is 3.93. The van der Waals surface area contributed by atoms with Crippen LogP contribution in [0.1, 0.15) is 18.4 Å². The summed E-state index contributed by atoms with van der Waals surface area (Å²) in [7, 11) is 1.72. The lowest BCUT2D eigenvalue weighted by Crippen LogP contribution is -2.39. The number of rotatable bonds is 7. The smallest absolute Gasteiger partial charge is 0.128 e. The standard InChI is InChI=1S/C16H24BrFN2O/c1-21-8-6-19-10-13-3-2-7-20(11-13)12-14-4-5-15(17)9-16(14)18/h4-5,9,13,19H,2-3,6-8,10-12H2,1H3. The van der Waals surface area contributed by atoms with Gasteiger partial charge in [-0.25, -0.2) is 4.39 Å². The van der Waals surface area contributed by atoms with Crippen LogP contribution in [0.3, 0.4) is 0 Å². The fourth-order valence-corrected chi connectivity index (χ4v) is 3.17. The predicted octanol–water partition coefficient (Wildman–Crippen LogP) is 3.04. The van der Waals surface area contributed by atoms with Gasteiger partial charge in [-0.3, -0.25) is 4.90 Å². The van der Waals surface area contributed by atoms with Crippen molar-refractivity contribution in [2.75, 3.05) is 39.9 Å². The first-order valence-corrected chi connectivity index (χ1v) is 8.34. The fraction of sp³-hybridized carbons (Fsp3) is 0.625. The minimum absolute atomic E-state index is 0.121. The largest absolute Gasteiger partial charge is 0.383 e. The molecule has 0 amide bonds. The number of benzene rings is 1. The van der Waals surface area contributed by atoms with Crippen LogP contribution in [0.4, 0.5) is 4.39 Å². The molecule has 1 aliphatic heterocycles. The average molecular weight is 359 g/mol. The van der Waals surface area contributed by atoms with Gasteiger partial charge < -0.3 is 10.1 Å². The van der Waals surface area contributed by atoms with Gasteiger partial charge in [-0.05, 0) is 44.0 Å². The van der Waals surface area contributed by atoms with Crippen LogP contribution in [-0.4, -0.2) is 44.8 Å². The summed E-state index contributed by atoms with van der Waals surface area (Å²) in [5.41, 5.74) is 0.784. The zero-order valence-corrected chi connectivity index (χ0v) is 14.2. The van der Waals surface area contributed by atoms with Crippen molar-refractivity contribution in [2.24, 2.45) is 5.92 Å². The maximum Gasteiger partial charge on any atom is 0.128 e. The van der Waals surface area contributed by atoms with Gasteiger partial charge in [0.2, 0.25) is 0 Å². The molecule has 0 bridgehead atoms. The Morgan fingerprint density at radius 3 is 3.10 bits per heavy atom. The van der Waals surface area contributed by atoms with E-state index in [0.717, 1.165) is 42.8 Å². The summed E-state index contributed by atoms with van der Waals surface area (Å²) < 4.78 is 19.7. The molecule has 0 aromatic heterocycles. The second-order valence-corrected chi connectivity index (χ2v) is 6.59. The summed E-state index contributed by atoms with van der Waals surface area (Å²) in [6.07, 6.45) is 2.44. The molecule has 0 saturated carbocycles. The molecule has 1 aliphatic rings. The molecule has 1 saturated heterocycles. The van der Waals surface area contributed by atoms with Crippen LogP contribution in [0.2, 0.25) is 0 Å². The van der Waals surface area contributed by atoms with E-state index in [4.69, 9.17) is 4.74 Å². The number of piperidine rings is 1. The molecule has 2 rings (SSSR count). The van der Waals surface area contributed by atoms with E-state index in [1.54, 1.807) is 13.2 Å². The van der Waals surface area contributed by atoms with Crippen molar-refractivity contribution < 1.29 is 9.13 Å². The summed E-state index contributed by atoms with van der Waals surface area (Å²) in [4.78, 5) is 2.36. The first-order valence-electron chi connectivity index (χ1n) is 7.55. The number of hydrogen-bond acceptors (Lipinski definition) is 3. The van der Waals surface area contributed by atoms with Crippen molar-refractivity contribution in [2.45, 2.75) is 19.4 Å². The number of methoxy groups -OCH3 is 1. The van der Waals surface area contributed by atoms with Crippen LogP contribution in [-0.2, 0) is 11.3 Å². The van der Waals surface area contributed by atoms with E-state index in [1.807, 2.05) is 12.1 Å².